The van der Waals surface area contributed by atoms with Gasteiger partial charge in [0, 0.05) is 44.9 Å². The Hall–Kier alpha value is -4.14. The van der Waals surface area contributed by atoms with Crippen molar-refractivity contribution in [3.63, 3.8) is 0 Å². The Balaban J connectivity index is 1.37. The third kappa shape index (κ3) is 8.53. The fourth-order valence-corrected chi connectivity index (χ4v) is 5.53. The van der Waals surface area contributed by atoms with E-state index in [1.165, 1.54) is 41.1 Å². The molecule has 2 aromatic carbocycles. The van der Waals surface area contributed by atoms with E-state index in [2.05, 4.69) is 25.6 Å². The van der Waals surface area contributed by atoms with E-state index < -0.39 is 11.9 Å². The van der Waals surface area contributed by atoms with Crippen LogP contribution in [0, 0.1) is 5.82 Å². The second kappa shape index (κ2) is 15.7. The number of morpholine rings is 1. The topological polar surface area (TPSA) is 133 Å². The highest BCUT2D eigenvalue weighted by atomic mass is 19.1. The maximum atomic E-state index is 14.0. The van der Waals surface area contributed by atoms with E-state index >= 15 is 0 Å². The summed E-state index contributed by atoms with van der Waals surface area (Å²) in [4.78, 5) is 32.8. The molecule has 0 unspecified atom stereocenters. The van der Waals surface area contributed by atoms with Gasteiger partial charge in [-0.05, 0) is 60.4 Å². The van der Waals surface area contributed by atoms with E-state index in [9.17, 15) is 14.0 Å². The number of halogens is 1. The third-order valence-electron chi connectivity index (χ3n) is 7.94. The molecule has 45 heavy (non-hydrogen) atoms. The molecule has 1 N–H and O–H groups in total. The highest BCUT2D eigenvalue weighted by Crippen LogP contribution is 2.31. The first-order chi connectivity index (χ1) is 21.9. The minimum Gasteiger partial charge on any atom is -0.493 e. The first-order valence-corrected chi connectivity index (χ1v) is 15.2. The van der Waals surface area contributed by atoms with E-state index in [1.807, 2.05) is 0 Å². The van der Waals surface area contributed by atoms with Gasteiger partial charge < -0.3 is 29.2 Å². The number of ether oxygens (including phenoxy) is 4. The van der Waals surface area contributed by atoms with Crippen molar-refractivity contribution in [1.29, 1.82) is 0 Å². The summed E-state index contributed by atoms with van der Waals surface area (Å²) >= 11 is 0. The smallest absolute Gasteiger partial charge is 0.247 e. The SMILES string of the molecule is COc1ccc(-c2nnn(CC(=O)N(CCCN3CCOCC3)[C@H](C(=O)NC[C@H]3CCCO3)c3ccc(F)cc3)n2)cc1OC. The number of rotatable bonds is 14. The van der Waals surface area contributed by atoms with Crippen LogP contribution in [0.4, 0.5) is 4.39 Å². The van der Waals surface area contributed by atoms with Gasteiger partial charge >= 0.3 is 0 Å². The van der Waals surface area contributed by atoms with Crippen LogP contribution in [0.1, 0.15) is 30.9 Å². The van der Waals surface area contributed by atoms with Gasteiger partial charge in [0.15, 0.2) is 11.5 Å². The van der Waals surface area contributed by atoms with Crippen LogP contribution in [0.15, 0.2) is 42.5 Å². The molecular formula is C31H40FN7O6. The van der Waals surface area contributed by atoms with Crippen molar-refractivity contribution in [2.24, 2.45) is 0 Å². The van der Waals surface area contributed by atoms with Crippen LogP contribution in [-0.2, 0) is 25.6 Å². The van der Waals surface area contributed by atoms with Gasteiger partial charge in [-0.25, -0.2) is 4.39 Å². The second-order valence-electron chi connectivity index (χ2n) is 10.9. The Bertz CT molecular complexity index is 1410. The normalized spacial score (nSPS) is 17.5. The minimum absolute atomic E-state index is 0.0809. The van der Waals surface area contributed by atoms with Crippen molar-refractivity contribution in [2.75, 3.05) is 66.8 Å². The summed E-state index contributed by atoms with van der Waals surface area (Å²) in [6.07, 6.45) is 2.32. The number of methoxy groups -OCH3 is 2. The van der Waals surface area contributed by atoms with Crippen molar-refractivity contribution in [3.8, 4) is 22.9 Å². The van der Waals surface area contributed by atoms with E-state index in [0.717, 1.165) is 32.5 Å². The molecular weight excluding hydrogens is 585 g/mol. The summed E-state index contributed by atoms with van der Waals surface area (Å²) in [5.41, 5.74) is 1.13. The maximum Gasteiger partial charge on any atom is 0.247 e. The molecule has 2 saturated heterocycles. The lowest BCUT2D eigenvalue weighted by atomic mass is 10.0. The largest absolute Gasteiger partial charge is 0.493 e. The Labute approximate surface area is 261 Å². The summed E-state index contributed by atoms with van der Waals surface area (Å²) in [5.74, 6) is 0.180. The van der Waals surface area contributed by atoms with Gasteiger partial charge in [0.2, 0.25) is 17.6 Å². The van der Waals surface area contributed by atoms with Crippen molar-refractivity contribution in [2.45, 2.75) is 38.0 Å². The van der Waals surface area contributed by atoms with Crippen LogP contribution >= 0.6 is 0 Å². The van der Waals surface area contributed by atoms with E-state index in [-0.39, 0.29) is 31.0 Å². The number of carbonyl (C=O) groups excluding carboxylic acids is 2. The number of amides is 2. The lowest BCUT2D eigenvalue weighted by Crippen LogP contribution is -2.47. The van der Waals surface area contributed by atoms with Gasteiger partial charge in [0.05, 0.1) is 33.5 Å². The van der Waals surface area contributed by atoms with Gasteiger partial charge in [-0.1, -0.05) is 12.1 Å². The molecule has 0 radical (unpaired) electrons. The van der Waals surface area contributed by atoms with E-state index in [1.54, 1.807) is 25.3 Å². The van der Waals surface area contributed by atoms with Crippen molar-refractivity contribution < 1.29 is 32.9 Å². The standard InChI is InChI=1S/C31H40FN7O6/c1-42-26-11-8-23(19-27(26)43-2)30-34-36-39(35-30)21-28(40)38(13-4-12-37-14-17-44-18-15-37)29(22-6-9-24(32)10-7-22)31(41)33-20-25-5-3-16-45-25/h6-11,19,25,29H,3-5,12-18,20-21H2,1-2H3,(H,33,41)/t25-,29+/m1/s1. The van der Waals surface area contributed by atoms with Gasteiger partial charge in [-0.15, -0.1) is 10.2 Å². The molecule has 3 heterocycles. The number of nitrogens with one attached hydrogen (secondary N) is 1. The molecule has 2 aliphatic heterocycles. The highest BCUT2D eigenvalue weighted by molar-refractivity contribution is 5.88. The average Bonchev–Trinajstić information content (AvgIpc) is 3.77. The monoisotopic (exact) mass is 625 g/mol. The quantitative estimate of drug-likeness (QED) is 0.284. The fraction of sp³-hybridized carbons (Fsp3) is 0.516. The summed E-state index contributed by atoms with van der Waals surface area (Å²) in [5, 5.41) is 15.6. The van der Waals surface area contributed by atoms with E-state index in [4.69, 9.17) is 18.9 Å². The maximum absolute atomic E-state index is 14.0. The summed E-state index contributed by atoms with van der Waals surface area (Å²) in [6.45, 7) is 4.66. The fourth-order valence-electron chi connectivity index (χ4n) is 5.53. The molecule has 1 aromatic heterocycles. The Morgan fingerprint density at radius 2 is 1.87 bits per heavy atom. The molecule has 0 aliphatic carbocycles. The second-order valence-corrected chi connectivity index (χ2v) is 10.9. The molecule has 0 bridgehead atoms. The molecule has 3 aromatic rings. The van der Waals surface area contributed by atoms with Crippen LogP contribution in [0.25, 0.3) is 11.4 Å². The van der Waals surface area contributed by atoms with Crippen molar-refractivity contribution in [3.05, 3.63) is 53.8 Å². The number of benzene rings is 2. The Morgan fingerprint density at radius 3 is 2.58 bits per heavy atom. The van der Waals surface area contributed by atoms with E-state index in [0.29, 0.717) is 61.2 Å². The zero-order chi connectivity index (χ0) is 31.6. The zero-order valence-electron chi connectivity index (χ0n) is 25.7. The Morgan fingerprint density at radius 1 is 1.09 bits per heavy atom. The summed E-state index contributed by atoms with van der Waals surface area (Å²) in [7, 11) is 3.08. The molecule has 14 heteroatoms. The minimum atomic E-state index is -1.00. The molecule has 242 valence electrons. The number of carbonyl (C=O) groups is 2. The molecule has 2 amide bonds. The molecule has 2 fully saturated rings. The summed E-state index contributed by atoms with van der Waals surface area (Å²) in [6, 6.07) is 9.89. The zero-order valence-corrected chi connectivity index (χ0v) is 25.7. The number of nitrogens with zero attached hydrogens (tertiary/aromatic N) is 6. The number of hydrogen-bond donors (Lipinski definition) is 1. The molecule has 5 rings (SSSR count). The lowest BCUT2D eigenvalue weighted by Gasteiger charge is -2.33. The molecule has 0 spiro atoms. The average molecular weight is 626 g/mol. The first kappa shape index (κ1) is 32.3. The van der Waals surface area contributed by atoms with Crippen LogP contribution in [-0.4, -0.2) is 115 Å². The summed E-state index contributed by atoms with van der Waals surface area (Å²) < 4.78 is 35.8. The van der Waals surface area contributed by atoms with Crippen LogP contribution in [0.3, 0.4) is 0 Å². The van der Waals surface area contributed by atoms with Crippen LogP contribution < -0.4 is 14.8 Å². The van der Waals surface area contributed by atoms with Gasteiger partial charge in [-0.3, -0.25) is 14.5 Å². The molecule has 0 saturated carbocycles. The van der Waals surface area contributed by atoms with Gasteiger partial charge in [-0.2, -0.15) is 4.80 Å². The van der Waals surface area contributed by atoms with Crippen molar-refractivity contribution in [1.82, 2.24) is 35.3 Å². The molecule has 2 aliphatic rings. The predicted molar refractivity (Wildman–Crippen MR) is 161 cm³/mol. The van der Waals surface area contributed by atoms with Crippen LogP contribution in [0.5, 0.6) is 11.5 Å². The number of aromatic nitrogens is 4. The molecule has 13 nitrogen and oxygen atoms in total. The number of tetrazole rings is 1. The highest BCUT2D eigenvalue weighted by Gasteiger charge is 2.33. The third-order valence-corrected chi connectivity index (χ3v) is 7.94. The van der Waals surface area contributed by atoms with Crippen LogP contribution in [0.2, 0.25) is 0 Å². The predicted octanol–water partition coefficient (Wildman–Crippen LogP) is 2.08. The van der Waals surface area contributed by atoms with Gasteiger partial charge in [0.1, 0.15) is 18.4 Å². The Kier molecular flexibility index (Phi) is 11.3. The first-order valence-electron chi connectivity index (χ1n) is 15.2. The molecule has 2 atom stereocenters. The van der Waals surface area contributed by atoms with Gasteiger partial charge in [0.25, 0.3) is 0 Å². The number of hydrogen-bond acceptors (Lipinski definition) is 10. The lowest BCUT2D eigenvalue weighted by molar-refractivity contribution is -0.142. The van der Waals surface area contributed by atoms with Crippen molar-refractivity contribution >= 4 is 11.8 Å².